The van der Waals surface area contributed by atoms with Crippen LogP contribution in [0.4, 0.5) is 0 Å². The highest BCUT2D eigenvalue weighted by Crippen LogP contribution is 2.17. The zero-order valence-electron chi connectivity index (χ0n) is 12.4. The number of carbonyl (C=O) groups excluding carboxylic acids is 2. The minimum Gasteiger partial charge on any atom is -0.369 e. The molecular formula is C15H17N3O4S. The Morgan fingerprint density at radius 3 is 2.48 bits per heavy atom. The van der Waals surface area contributed by atoms with Crippen LogP contribution in [-0.4, -0.2) is 44.0 Å². The van der Waals surface area contributed by atoms with Crippen LogP contribution in [0.25, 0.3) is 0 Å². The predicted octanol–water partition coefficient (Wildman–Crippen LogP) is -0.193. The van der Waals surface area contributed by atoms with Crippen molar-refractivity contribution in [3.05, 3.63) is 35.4 Å². The Morgan fingerprint density at radius 1 is 1.30 bits per heavy atom. The van der Waals surface area contributed by atoms with Gasteiger partial charge >= 0.3 is 0 Å². The van der Waals surface area contributed by atoms with Crippen molar-refractivity contribution in [3.8, 4) is 6.07 Å². The molecule has 1 aromatic carbocycles. The zero-order valence-corrected chi connectivity index (χ0v) is 13.3. The van der Waals surface area contributed by atoms with Crippen molar-refractivity contribution in [1.29, 1.82) is 5.26 Å². The van der Waals surface area contributed by atoms with Crippen LogP contribution in [0, 0.1) is 17.2 Å². The number of rotatable bonds is 5. The van der Waals surface area contributed by atoms with E-state index in [1.165, 1.54) is 17.0 Å². The fourth-order valence-electron chi connectivity index (χ4n) is 2.48. The Kier molecular flexibility index (Phi) is 5.01. The smallest absolute Gasteiger partial charge is 0.237 e. The monoisotopic (exact) mass is 335 g/mol. The fourth-order valence-corrected chi connectivity index (χ4v) is 3.84. The van der Waals surface area contributed by atoms with Gasteiger partial charge in [-0.2, -0.15) is 5.26 Å². The van der Waals surface area contributed by atoms with Crippen LogP contribution in [0.3, 0.4) is 0 Å². The molecule has 0 radical (unpaired) electrons. The number of amides is 2. The number of nitrogens with two attached hydrogens (primary N) is 1. The molecule has 0 aromatic heterocycles. The van der Waals surface area contributed by atoms with Gasteiger partial charge in [0.2, 0.25) is 11.8 Å². The van der Waals surface area contributed by atoms with Crippen molar-refractivity contribution in [2.45, 2.75) is 12.2 Å². The van der Waals surface area contributed by atoms with E-state index in [0.29, 0.717) is 24.1 Å². The molecule has 1 aromatic rings. The number of benzene rings is 1. The number of carbonyl (C=O) groups is 2. The first kappa shape index (κ1) is 17.0. The summed E-state index contributed by atoms with van der Waals surface area (Å²) in [6, 6.07) is 8.13. The van der Waals surface area contributed by atoms with Gasteiger partial charge in [0, 0.05) is 13.1 Å². The van der Waals surface area contributed by atoms with E-state index < -0.39 is 33.3 Å². The lowest BCUT2D eigenvalue weighted by atomic mass is 10.1. The maximum Gasteiger partial charge on any atom is 0.237 e. The Hall–Kier alpha value is -2.40. The molecule has 1 saturated heterocycles. The normalized spacial score (nSPS) is 17.7. The molecule has 0 saturated carbocycles. The Bertz CT molecular complexity index is 750. The van der Waals surface area contributed by atoms with Crippen molar-refractivity contribution in [2.75, 3.05) is 18.8 Å². The minimum atomic E-state index is -3.62. The summed E-state index contributed by atoms with van der Waals surface area (Å²) in [6.07, 6.45) is 0.469. The number of primary amides is 1. The molecule has 2 rings (SSSR count). The second-order valence-corrected chi connectivity index (χ2v) is 7.63. The third kappa shape index (κ3) is 4.53. The van der Waals surface area contributed by atoms with Gasteiger partial charge in [0.25, 0.3) is 0 Å². The van der Waals surface area contributed by atoms with E-state index in [1.54, 1.807) is 12.1 Å². The van der Waals surface area contributed by atoms with Crippen molar-refractivity contribution in [2.24, 2.45) is 11.7 Å². The number of sulfone groups is 1. The quantitative estimate of drug-likeness (QED) is 0.799. The molecule has 8 heteroatoms. The highest BCUT2D eigenvalue weighted by Gasteiger charge is 2.31. The van der Waals surface area contributed by atoms with Crippen molar-refractivity contribution < 1.29 is 18.0 Å². The number of hydrogen-bond acceptors (Lipinski definition) is 5. The molecule has 0 aliphatic carbocycles. The summed E-state index contributed by atoms with van der Waals surface area (Å²) in [5.74, 6) is -2.25. The summed E-state index contributed by atoms with van der Waals surface area (Å²) in [5.41, 5.74) is 6.16. The van der Waals surface area contributed by atoms with E-state index in [4.69, 9.17) is 11.0 Å². The van der Waals surface area contributed by atoms with Gasteiger partial charge in [-0.25, -0.2) is 8.42 Å². The molecular weight excluding hydrogens is 318 g/mol. The maximum atomic E-state index is 12.1. The van der Waals surface area contributed by atoms with E-state index in [9.17, 15) is 18.0 Å². The molecule has 122 valence electrons. The first-order chi connectivity index (χ1) is 10.8. The molecule has 0 spiro atoms. The predicted molar refractivity (Wildman–Crippen MR) is 82.5 cm³/mol. The standard InChI is InChI=1S/C15H17N3O4S/c16-7-11-1-3-12(4-2-11)9-23(21,22)10-14(19)18-6-5-13(8-18)15(17)20/h1-4,13H,5-6,8-10H2,(H2,17,20)/t13-/m1/s1. The Labute approximate surface area is 134 Å². The van der Waals surface area contributed by atoms with Crippen LogP contribution in [0.5, 0.6) is 0 Å². The lowest BCUT2D eigenvalue weighted by Crippen LogP contribution is -2.35. The first-order valence-electron chi connectivity index (χ1n) is 7.07. The van der Waals surface area contributed by atoms with E-state index in [-0.39, 0.29) is 12.3 Å². The summed E-state index contributed by atoms with van der Waals surface area (Å²) in [6.45, 7) is 0.527. The first-order valence-corrected chi connectivity index (χ1v) is 8.89. The third-order valence-corrected chi connectivity index (χ3v) is 5.22. The molecule has 0 bridgehead atoms. The number of nitriles is 1. The summed E-state index contributed by atoms with van der Waals surface area (Å²) < 4.78 is 24.3. The fraction of sp³-hybridized carbons (Fsp3) is 0.400. The summed E-state index contributed by atoms with van der Waals surface area (Å²) in [4.78, 5) is 24.5. The third-order valence-electron chi connectivity index (χ3n) is 3.76. The zero-order chi connectivity index (χ0) is 17.0. The SMILES string of the molecule is N#Cc1ccc(CS(=O)(=O)CC(=O)N2CC[C@@H](C(N)=O)C2)cc1. The van der Waals surface area contributed by atoms with Gasteiger partial charge in [0.05, 0.1) is 23.3 Å². The number of likely N-dealkylation sites (tertiary alicyclic amines) is 1. The van der Waals surface area contributed by atoms with Crippen molar-refractivity contribution in [3.63, 3.8) is 0 Å². The summed E-state index contributed by atoms with van der Waals surface area (Å²) in [7, 11) is -3.62. The van der Waals surface area contributed by atoms with Crippen LogP contribution < -0.4 is 5.73 Å². The molecule has 1 aliphatic heterocycles. The molecule has 7 nitrogen and oxygen atoms in total. The minimum absolute atomic E-state index is 0.181. The van der Waals surface area contributed by atoms with Gasteiger partial charge < -0.3 is 10.6 Å². The average molecular weight is 335 g/mol. The van der Waals surface area contributed by atoms with Crippen LogP contribution in [0.15, 0.2) is 24.3 Å². The Balaban J connectivity index is 1.96. The van der Waals surface area contributed by atoms with E-state index in [0.717, 1.165) is 0 Å². The second-order valence-electron chi connectivity index (χ2n) is 5.57. The van der Waals surface area contributed by atoms with Gasteiger partial charge in [-0.3, -0.25) is 9.59 Å². The lowest BCUT2D eigenvalue weighted by molar-refractivity contribution is -0.127. The van der Waals surface area contributed by atoms with Crippen molar-refractivity contribution >= 4 is 21.7 Å². The molecule has 23 heavy (non-hydrogen) atoms. The molecule has 1 fully saturated rings. The van der Waals surface area contributed by atoms with Crippen LogP contribution in [0.1, 0.15) is 17.5 Å². The van der Waals surface area contributed by atoms with Gasteiger partial charge in [0.1, 0.15) is 5.75 Å². The lowest BCUT2D eigenvalue weighted by Gasteiger charge is -2.16. The highest BCUT2D eigenvalue weighted by molar-refractivity contribution is 7.91. The van der Waals surface area contributed by atoms with Crippen LogP contribution in [-0.2, 0) is 25.2 Å². The molecule has 2 amide bonds. The highest BCUT2D eigenvalue weighted by atomic mass is 32.2. The topological polar surface area (TPSA) is 121 Å². The van der Waals surface area contributed by atoms with Gasteiger partial charge in [-0.1, -0.05) is 12.1 Å². The van der Waals surface area contributed by atoms with E-state index in [1.807, 2.05) is 6.07 Å². The molecule has 0 unspecified atom stereocenters. The molecule has 1 aliphatic rings. The average Bonchev–Trinajstić information content (AvgIpc) is 2.97. The second kappa shape index (κ2) is 6.79. The van der Waals surface area contributed by atoms with E-state index in [2.05, 4.69) is 0 Å². The van der Waals surface area contributed by atoms with Crippen LogP contribution in [0.2, 0.25) is 0 Å². The number of nitrogens with zero attached hydrogens (tertiary/aromatic N) is 2. The van der Waals surface area contributed by atoms with Gasteiger partial charge in [-0.05, 0) is 24.1 Å². The molecule has 1 atom stereocenters. The van der Waals surface area contributed by atoms with Crippen LogP contribution >= 0.6 is 0 Å². The maximum absolute atomic E-state index is 12.1. The van der Waals surface area contributed by atoms with Crippen molar-refractivity contribution in [1.82, 2.24) is 4.90 Å². The van der Waals surface area contributed by atoms with E-state index >= 15 is 0 Å². The molecule has 2 N–H and O–H groups in total. The van der Waals surface area contributed by atoms with Gasteiger partial charge in [-0.15, -0.1) is 0 Å². The summed E-state index contributed by atoms with van der Waals surface area (Å²) in [5, 5.41) is 8.71. The van der Waals surface area contributed by atoms with Gasteiger partial charge in [0.15, 0.2) is 9.84 Å². The number of hydrogen-bond donors (Lipinski definition) is 1. The largest absolute Gasteiger partial charge is 0.369 e. The molecule has 1 heterocycles. The Morgan fingerprint density at radius 2 is 1.96 bits per heavy atom. The summed E-state index contributed by atoms with van der Waals surface area (Å²) >= 11 is 0.